The van der Waals surface area contributed by atoms with Crippen molar-refractivity contribution < 1.29 is 24.6 Å². The van der Waals surface area contributed by atoms with Gasteiger partial charge >= 0.3 is 11.9 Å². The van der Waals surface area contributed by atoms with Crippen LogP contribution in [0.25, 0.3) is 10.9 Å². The van der Waals surface area contributed by atoms with Crippen molar-refractivity contribution in [2.45, 2.75) is 12.6 Å². The van der Waals surface area contributed by atoms with Crippen LogP contribution in [-0.2, 0) is 20.9 Å². The number of rotatable bonds is 6. The molecule has 8 nitrogen and oxygen atoms in total. The Morgan fingerprint density at radius 2 is 1.88 bits per heavy atom. The van der Waals surface area contributed by atoms with Crippen molar-refractivity contribution in [1.82, 2.24) is 14.4 Å². The van der Waals surface area contributed by atoms with Gasteiger partial charge in [0.05, 0.1) is 0 Å². The van der Waals surface area contributed by atoms with Crippen LogP contribution >= 0.6 is 15.9 Å². The average molecular weight is 424 g/mol. The Hall–Kier alpha value is -2.39. The van der Waals surface area contributed by atoms with Gasteiger partial charge in [0.1, 0.15) is 12.6 Å². The van der Waals surface area contributed by atoms with Gasteiger partial charge in [-0.25, -0.2) is 0 Å². The lowest BCUT2D eigenvalue weighted by Crippen LogP contribution is -2.48. The summed E-state index contributed by atoms with van der Waals surface area (Å²) in [6.07, 6.45) is 2.37. The summed E-state index contributed by atoms with van der Waals surface area (Å²) in [6.45, 7) is 1.56. The standard InChI is InChI=1S/C17H18BrN3O5/c18-11-1-2-14-12(7-11)13(8-21(14)9-15(23)24)16(17(25)26)20-5-3-19(10-22)4-6-20/h1-2,7-8,10,16H,3-6,9H2,(H,23,24)(H,25,26)/t16-/m1/s1. The maximum atomic E-state index is 12.0. The Kier molecular flexibility index (Phi) is 5.28. The summed E-state index contributed by atoms with van der Waals surface area (Å²) in [6, 6.07) is 4.47. The molecule has 0 aliphatic carbocycles. The maximum Gasteiger partial charge on any atom is 0.325 e. The molecule has 1 amide bonds. The molecule has 3 rings (SSSR count). The van der Waals surface area contributed by atoms with Gasteiger partial charge in [0, 0.05) is 53.3 Å². The third-order valence-corrected chi connectivity index (χ3v) is 5.06. The number of carbonyl (C=O) groups is 3. The van der Waals surface area contributed by atoms with Crippen LogP contribution in [0, 0.1) is 0 Å². The second-order valence-electron chi connectivity index (χ2n) is 6.19. The number of carboxylic acid groups (broad SMARTS) is 2. The number of carboxylic acids is 2. The number of benzene rings is 1. The molecule has 1 aliphatic rings. The number of fused-ring (bicyclic) bond motifs is 1. The van der Waals surface area contributed by atoms with Crippen LogP contribution in [0.2, 0.25) is 0 Å². The van der Waals surface area contributed by atoms with Crippen molar-refractivity contribution in [1.29, 1.82) is 0 Å². The van der Waals surface area contributed by atoms with E-state index >= 15 is 0 Å². The van der Waals surface area contributed by atoms with Gasteiger partial charge in [-0.05, 0) is 18.2 Å². The summed E-state index contributed by atoms with van der Waals surface area (Å²) >= 11 is 3.39. The molecule has 1 fully saturated rings. The van der Waals surface area contributed by atoms with E-state index in [1.54, 1.807) is 33.9 Å². The van der Waals surface area contributed by atoms with Crippen molar-refractivity contribution in [3.8, 4) is 0 Å². The minimum atomic E-state index is -1.00. The molecule has 1 saturated heterocycles. The number of aromatic nitrogens is 1. The molecule has 2 aromatic rings. The van der Waals surface area contributed by atoms with Crippen LogP contribution < -0.4 is 0 Å². The molecule has 1 aromatic heterocycles. The molecular formula is C17H18BrN3O5. The lowest BCUT2D eigenvalue weighted by atomic mass is 10.0. The van der Waals surface area contributed by atoms with Crippen LogP contribution in [0.15, 0.2) is 28.9 Å². The van der Waals surface area contributed by atoms with Gasteiger partial charge in [-0.1, -0.05) is 15.9 Å². The van der Waals surface area contributed by atoms with Crippen LogP contribution in [-0.4, -0.2) is 69.1 Å². The van der Waals surface area contributed by atoms with E-state index in [9.17, 15) is 19.5 Å². The molecule has 0 bridgehead atoms. The van der Waals surface area contributed by atoms with Crippen molar-refractivity contribution in [2.24, 2.45) is 0 Å². The van der Waals surface area contributed by atoms with Crippen molar-refractivity contribution >= 4 is 45.2 Å². The topological polar surface area (TPSA) is 103 Å². The summed E-state index contributed by atoms with van der Waals surface area (Å²) in [7, 11) is 0. The smallest absolute Gasteiger partial charge is 0.325 e. The number of hydrogen-bond donors (Lipinski definition) is 2. The SMILES string of the molecule is O=CN1CCN([C@@H](C(=O)O)c2cn(CC(=O)O)c3ccc(Br)cc23)CC1. The van der Waals surface area contributed by atoms with Gasteiger partial charge in [0.25, 0.3) is 0 Å². The number of amides is 1. The Morgan fingerprint density at radius 1 is 1.19 bits per heavy atom. The first-order valence-corrected chi connectivity index (χ1v) is 8.86. The second kappa shape index (κ2) is 7.46. The van der Waals surface area contributed by atoms with Crippen molar-refractivity contribution in [2.75, 3.05) is 26.2 Å². The zero-order valence-corrected chi connectivity index (χ0v) is 15.4. The summed E-state index contributed by atoms with van der Waals surface area (Å²) in [5.74, 6) is -2.00. The lowest BCUT2D eigenvalue weighted by molar-refractivity contribution is -0.144. The van der Waals surface area contributed by atoms with Gasteiger partial charge < -0.3 is 19.7 Å². The zero-order chi connectivity index (χ0) is 18.8. The highest BCUT2D eigenvalue weighted by Gasteiger charge is 2.32. The average Bonchev–Trinajstić information content (AvgIpc) is 2.92. The van der Waals surface area contributed by atoms with E-state index in [1.165, 1.54) is 0 Å². The van der Waals surface area contributed by atoms with Gasteiger partial charge in [-0.3, -0.25) is 19.3 Å². The Labute approximate surface area is 157 Å². The fourth-order valence-corrected chi connectivity index (χ4v) is 3.74. The fourth-order valence-electron chi connectivity index (χ4n) is 3.38. The van der Waals surface area contributed by atoms with Crippen LogP contribution in [0.1, 0.15) is 11.6 Å². The minimum absolute atomic E-state index is 0.247. The molecule has 0 saturated carbocycles. The molecule has 0 radical (unpaired) electrons. The van der Waals surface area contributed by atoms with E-state index in [-0.39, 0.29) is 6.54 Å². The van der Waals surface area contributed by atoms with Gasteiger partial charge in [-0.2, -0.15) is 0 Å². The number of hydrogen-bond acceptors (Lipinski definition) is 4. The summed E-state index contributed by atoms with van der Waals surface area (Å²) in [4.78, 5) is 37.5. The molecule has 26 heavy (non-hydrogen) atoms. The zero-order valence-electron chi connectivity index (χ0n) is 13.8. The predicted octanol–water partition coefficient (Wildman–Crippen LogP) is 1.39. The quantitative estimate of drug-likeness (QED) is 0.680. The molecule has 1 aliphatic heterocycles. The predicted molar refractivity (Wildman–Crippen MR) is 96.9 cm³/mol. The van der Waals surface area contributed by atoms with Gasteiger partial charge in [-0.15, -0.1) is 0 Å². The molecule has 1 atom stereocenters. The van der Waals surface area contributed by atoms with E-state index in [4.69, 9.17) is 5.11 Å². The Balaban J connectivity index is 2.05. The molecule has 2 heterocycles. The third kappa shape index (κ3) is 3.58. The molecular weight excluding hydrogens is 406 g/mol. The highest BCUT2D eigenvalue weighted by Crippen LogP contribution is 2.33. The molecule has 0 spiro atoms. The van der Waals surface area contributed by atoms with E-state index in [2.05, 4.69) is 15.9 Å². The largest absolute Gasteiger partial charge is 0.480 e. The van der Waals surface area contributed by atoms with Gasteiger partial charge in [0.2, 0.25) is 6.41 Å². The number of piperazine rings is 1. The third-order valence-electron chi connectivity index (χ3n) is 4.57. The Morgan fingerprint density at radius 3 is 2.46 bits per heavy atom. The van der Waals surface area contributed by atoms with Crippen molar-refractivity contribution in [3.05, 3.63) is 34.4 Å². The summed E-state index contributed by atoms with van der Waals surface area (Å²) < 4.78 is 2.34. The van der Waals surface area contributed by atoms with Crippen LogP contribution in [0.3, 0.4) is 0 Å². The molecule has 0 unspecified atom stereocenters. The first-order valence-electron chi connectivity index (χ1n) is 8.07. The van der Waals surface area contributed by atoms with E-state index in [1.807, 2.05) is 4.90 Å². The summed E-state index contributed by atoms with van der Waals surface area (Å²) in [5.41, 5.74) is 1.22. The number of nitrogens with zero attached hydrogens (tertiary/aromatic N) is 3. The second-order valence-corrected chi connectivity index (χ2v) is 7.10. The van der Waals surface area contributed by atoms with Gasteiger partial charge in [0.15, 0.2) is 0 Å². The first kappa shape index (κ1) is 18.4. The monoisotopic (exact) mass is 423 g/mol. The molecule has 1 aromatic carbocycles. The van der Waals surface area contributed by atoms with Crippen LogP contribution in [0.4, 0.5) is 0 Å². The minimum Gasteiger partial charge on any atom is -0.480 e. The lowest BCUT2D eigenvalue weighted by Gasteiger charge is -2.36. The highest BCUT2D eigenvalue weighted by atomic mass is 79.9. The molecule has 138 valence electrons. The highest BCUT2D eigenvalue weighted by molar-refractivity contribution is 9.10. The van der Waals surface area contributed by atoms with E-state index in [0.717, 1.165) is 10.9 Å². The molecule has 2 N–H and O–H groups in total. The molecule has 9 heteroatoms. The fraction of sp³-hybridized carbons (Fsp3) is 0.353. The summed E-state index contributed by atoms with van der Waals surface area (Å²) in [5, 5.41) is 19.7. The van der Waals surface area contributed by atoms with Crippen molar-refractivity contribution in [3.63, 3.8) is 0 Å². The number of carbonyl (C=O) groups excluding carboxylic acids is 1. The Bertz CT molecular complexity index is 857. The van der Waals surface area contributed by atoms with E-state index < -0.39 is 18.0 Å². The maximum absolute atomic E-state index is 12.0. The van der Waals surface area contributed by atoms with E-state index in [0.29, 0.717) is 42.6 Å². The normalized spacial score (nSPS) is 16.6. The first-order chi connectivity index (χ1) is 12.4. The number of halogens is 1. The van der Waals surface area contributed by atoms with Crippen LogP contribution in [0.5, 0.6) is 0 Å². The number of aliphatic carboxylic acids is 2.